The monoisotopic (exact) mass is 484 g/mol. The van der Waals surface area contributed by atoms with Crippen LogP contribution in [0.1, 0.15) is 111 Å². The molecule has 0 aliphatic carbocycles. The highest BCUT2D eigenvalue weighted by Gasteiger charge is 2.31. The van der Waals surface area contributed by atoms with Crippen LogP contribution in [0.2, 0.25) is 0 Å². The third-order valence-corrected chi connectivity index (χ3v) is 10.9. The topological polar surface area (TPSA) is 57.5 Å². The number of aliphatic carboxylic acids is 1. The highest BCUT2D eigenvalue weighted by atomic mass is 32.2. The van der Waals surface area contributed by atoms with Crippen molar-refractivity contribution in [2.75, 3.05) is 6.61 Å². The second kappa shape index (κ2) is 13.7. The summed E-state index contributed by atoms with van der Waals surface area (Å²) in [6.45, 7) is 8.49. The van der Waals surface area contributed by atoms with Gasteiger partial charge in [0.25, 0.3) is 0 Å². The third-order valence-electron chi connectivity index (χ3n) is 7.68. The van der Waals surface area contributed by atoms with Crippen LogP contribution in [0.3, 0.4) is 0 Å². The number of hydrogen-bond donors (Lipinski definition) is 2. The van der Waals surface area contributed by atoms with E-state index in [-0.39, 0.29) is 5.41 Å². The molecule has 0 aromatic carbocycles. The summed E-state index contributed by atoms with van der Waals surface area (Å²) < 4.78 is 0. The van der Waals surface area contributed by atoms with Crippen molar-refractivity contribution in [1.82, 2.24) is 0 Å². The van der Waals surface area contributed by atoms with Crippen molar-refractivity contribution >= 4 is 29.5 Å². The lowest BCUT2D eigenvalue weighted by Crippen LogP contribution is -2.26. The van der Waals surface area contributed by atoms with Crippen LogP contribution in [0.15, 0.2) is 12.2 Å². The van der Waals surface area contributed by atoms with Gasteiger partial charge in [0.05, 0.1) is 5.41 Å². The summed E-state index contributed by atoms with van der Waals surface area (Å²) in [6, 6.07) is 0. The smallest absolute Gasteiger partial charge is 0.309 e. The molecular weight excluding hydrogens is 436 g/mol. The molecular formula is C27H48O3S2. The van der Waals surface area contributed by atoms with Gasteiger partial charge in [-0.3, -0.25) is 4.79 Å². The SMILES string of the molecule is CCC(C)(CCCCC1CCC(/C=C\C2CCC(CCCCC(C)(C)CO)S2)S1)C(=O)O. The number of unbranched alkanes of at least 4 members (excludes halogenated alkanes) is 2. The Morgan fingerprint density at radius 2 is 1.38 bits per heavy atom. The maximum absolute atomic E-state index is 11.4. The summed E-state index contributed by atoms with van der Waals surface area (Å²) in [5, 5.41) is 21.8. The first-order valence-electron chi connectivity index (χ1n) is 13.0. The van der Waals surface area contributed by atoms with Crippen LogP contribution in [0.4, 0.5) is 0 Å². The molecule has 0 amide bonds. The standard InChI is InChI=1S/C27H48O3S2/c1-5-27(4,25(29)30)19-9-7-11-22-13-15-24(32-22)17-16-23-14-12-21(31-23)10-6-8-18-26(2,3)20-28/h16-17,21-24,28H,5-15,18-20H2,1-4H3,(H,29,30)/b17-16-. The second-order valence-corrected chi connectivity index (χ2v) is 14.3. The Labute approximate surface area is 206 Å². The van der Waals surface area contributed by atoms with Gasteiger partial charge in [0.2, 0.25) is 0 Å². The van der Waals surface area contributed by atoms with E-state index in [1.165, 1.54) is 51.4 Å². The minimum atomic E-state index is -0.641. The molecule has 2 heterocycles. The molecule has 2 saturated heterocycles. The molecule has 0 bridgehead atoms. The van der Waals surface area contributed by atoms with Gasteiger partial charge in [-0.05, 0) is 70.1 Å². The maximum Gasteiger partial charge on any atom is 0.309 e. The molecule has 5 unspecified atom stereocenters. The zero-order chi connectivity index (χ0) is 23.6. The van der Waals surface area contributed by atoms with E-state index in [1.54, 1.807) is 0 Å². The number of hydrogen-bond acceptors (Lipinski definition) is 4. The zero-order valence-corrected chi connectivity index (χ0v) is 22.6. The summed E-state index contributed by atoms with van der Waals surface area (Å²) in [5.41, 5.74) is -0.458. The fourth-order valence-corrected chi connectivity index (χ4v) is 7.85. The summed E-state index contributed by atoms with van der Waals surface area (Å²) in [6.07, 6.45) is 20.2. The number of rotatable bonds is 15. The number of thioether (sulfide) groups is 2. The van der Waals surface area contributed by atoms with Crippen LogP contribution >= 0.6 is 23.5 Å². The summed E-state index contributed by atoms with van der Waals surface area (Å²) in [7, 11) is 0. The number of carboxylic acids is 1. The third kappa shape index (κ3) is 9.62. The molecule has 186 valence electrons. The van der Waals surface area contributed by atoms with Gasteiger partial charge in [-0.2, -0.15) is 23.5 Å². The first-order chi connectivity index (χ1) is 15.2. The molecule has 5 heteroatoms. The summed E-state index contributed by atoms with van der Waals surface area (Å²) in [5.74, 6) is -0.641. The van der Waals surface area contributed by atoms with Gasteiger partial charge in [0.15, 0.2) is 0 Å². The van der Waals surface area contributed by atoms with Crippen LogP contribution < -0.4 is 0 Å². The van der Waals surface area contributed by atoms with Gasteiger partial charge < -0.3 is 10.2 Å². The zero-order valence-electron chi connectivity index (χ0n) is 21.0. The highest BCUT2D eigenvalue weighted by molar-refractivity contribution is 8.01. The molecule has 2 N–H and O–H groups in total. The van der Waals surface area contributed by atoms with E-state index in [0.29, 0.717) is 17.1 Å². The van der Waals surface area contributed by atoms with Gasteiger partial charge in [0.1, 0.15) is 0 Å². The first-order valence-corrected chi connectivity index (χ1v) is 14.9. The molecule has 0 radical (unpaired) electrons. The van der Waals surface area contributed by atoms with E-state index in [0.717, 1.165) is 42.6 Å². The van der Waals surface area contributed by atoms with Crippen molar-refractivity contribution in [2.24, 2.45) is 10.8 Å². The van der Waals surface area contributed by atoms with Crippen LogP contribution in [-0.2, 0) is 4.79 Å². The molecule has 5 atom stereocenters. The molecule has 32 heavy (non-hydrogen) atoms. The van der Waals surface area contributed by atoms with Crippen molar-refractivity contribution in [3.05, 3.63) is 12.2 Å². The lowest BCUT2D eigenvalue weighted by Gasteiger charge is -2.22. The minimum Gasteiger partial charge on any atom is -0.481 e. The predicted octanol–water partition coefficient (Wildman–Crippen LogP) is 7.71. The highest BCUT2D eigenvalue weighted by Crippen LogP contribution is 2.41. The number of carboxylic acid groups (broad SMARTS) is 1. The second-order valence-electron chi connectivity index (χ2n) is 11.2. The van der Waals surface area contributed by atoms with Crippen molar-refractivity contribution < 1.29 is 15.0 Å². The van der Waals surface area contributed by atoms with Gasteiger partial charge in [-0.1, -0.05) is 58.6 Å². The van der Waals surface area contributed by atoms with Crippen molar-refractivity contribution in [3.63, 3.8) is 0 Å². The average Bonchev–Trinajstić information content (AvgIpc) is 3.42. The molecule has 2 rings (SSSR count). The molecule has 2 aliphatic heterocycles. The lowest BCUT2D eigenvalue weighted by molar-refractivity contribution is -0.148. The molecule has 0 saturated carbocycles. The van der Waals surface area contributed by atoms with E-state index in [1.807, 2.05) is 13.8 Å². The van der Waals surface area contributed by atoms with E-state index < -0.39 is 11.4 Å². The molecule has 0 aromatic rings. The Morgan fingerprint density at radius 3 is 1.81 bits per heavy atom. The Balaban J connectivity index is 1.58. The fourth-order valence-electron chi connectivity index (χ4n) is 4.80. The predicted molar refractivity (Wildman–Crippen MR) is 142 cm³/mol. The number of aliphatic hydroxyl groups is 1. The van der Waals surface area contributed by atoms with Gasteiger partial charge in [0, 0.05) is 27.6 Å². The molecule has 3 nitrogen and oxygen atoms in total. The summed E-state index contributed by atoms with van der Waals surface area (Å²) in [4.78, 5) is 11.4. The molecule has 0 spiro atoms. The van der Waals surface area contributed by atoms with Gasteiger partial charge in [-0.25, -0.2) is 0 Å². The van der Waals surface area contributed by atoms with Crippen molar-refractivity contribution in [2.45, 2.75) is 132 Å². The van der Waals surface area contributed by atoms with E-state index in [9.17, 15) is 15.0 Å². The fraction of sp³-hybridized carbons (Fsp3) is 0.889. The Hall–Kier alpha value is -0.130. The number of carbonyl (C=O) groups is 1. The Bertz CT molecular complexity index is 591. The first kappa shape index (κ1) is 28.1. The summed E-state index contributed by atoms with van der Waals surface area (Å²) >= 11 is 4.34. The molecule has 2 fully saturated rings. The normalized spacial score (nSPS) is 28.4. The lowest BCUT2D eigenvalue weighted by atomic mass is 9.82. The van der Waals surface area contributed by atoms with Crippen molar-refractivity contribution in [3.8, 4) is 0 Å². The quantitative estimate of drug-likeness (QED) is 0.184. The Morgan fingerprint density at radius 1 is 0.875 bits per heavy atom. The van der Waals surface area contributed by atoms with E-state index in [4.69, 9.17) is 0 Å². The molecule has 0 aromatic heterocycles. The van der Waals surface area contributed by atoms with Crippen LogP contribution in [-0.4, -0.2) is 43.8 Å². The average molecular weight is 485 g/mol. The molecule has 2 aliphatic rings. The van der Waals surface area contributed by atoms with E-state index in [2.05, 4.69) is 49.5 Å². The maximum atomic E-state index is 11.4. The van der Waals surface area contributed by atoms with Gasteiger partial charge >= 0.3 is 5.97 Å². The van der Waals surface area contributed by atoms with Crippen LogP contribution in [0.5, 0.6) is 0 Å². The van der Waals surface area contributed by atoms with Crippen LogP contribution in [0, 0.1) is 10.8 Å². The van der Waals surface area contributed by atoms with Crippen LogP contribution in [0.25, 0.3) is 0 Å². The minimum absolute atomic E-state index is 0.0828. The van der Waals surface area contributed by atoms with Gasteiger partial charge in [-0.15, -0.1) is 0 Å². The largest absolute Gasteiger partial charge is 0.481 e. The Kier molecular flexibility index (Phi) is 12.0. The van der Waals surface area contributed by atoms with E-state index >= 15 is 0 Å². The number of aliphatic hydroxyl groups excluding tert-OH is 1. The van der Waals surface area contributed by atoms with Crippen molar-refractivity contribution in [1.29, 1.82) is 0 Å².